The smallest absolute Gasteiger partial charge is 0.329 e. The third-order valence-electron chi connectivity index (χ3n) is 5.31. The molecule has 0 aliphatic heterocycles. The Hall–Kier alpha value is -2.45. The average Bonchev–Trinajstić information content (AvgIpc) is 2.64. The Morgan fingerprint density at radius 1 is 1.22 bits per heavy atom. The molecule has 7 nitrogen and oxygen atoms in total. The van der Waals surface area contributed by atoms with Crippen LogP contribution in [0.4, 0.5) is 0 Å². The summed E-state index contributed by atoms with van der Waals surface area (Å²) in [7, 11) is -3.41. The topological polar surface area (TPSA) is 110 Å². The fourth-order valence-electron chi connectivity index (χ4n) is 3.62. The lowest BCUT2D eigenvalue weighted by atomic mass is 9.72. The number of amides is 1. The van der Waals surface area contributed by atoms with E-state index in [0.717, 1.165) is 19.1 Å². The van der Waals surface area contributed by atoms with Gasteiger partial charge in [-0.1, -0.05) is 55.4 Å². The highest BCUT2D eigenvalue weighted by molar-refractivity contribution is 7.85. The first-order valence-electron chi connectivity index (χ1n) is 10.5. The fourth-order valence-corrected chi connectivity index (χ4v) is 4.26. The van der Waals surface area contributed by atoms with E-state index in [1.807, 2.05) is 19.1 Å². The minimum absolute atomic E-state index is 0.180. The van der Waals surface area contributed by atoms with Crippen molar-refractivity contribution in [2.24, 2.45) is 5.41 Å². The van der Waals surface area contributed by atoms with E-state index in [2.05, 4.69) is 43.0 Å². The summed E-state index contributed by atoms with van der Waals surface area (Å²) in [4.78, 5) is 23.7. The van der Waals surface area contributed by atoms with Crippen LogP contribution < -0.4 is 5.32 Å². The Morgan fingerprint density at radius 3 is 2.44 bits per heavy atom. The normalized spacial score (nSPS) is 18.8. The van der Waals surface area contributed by atoms with Crippen LogP contribution in [0.2, 0.25) is 0 Å². The summed E-state index contributed by atoms with van der Waals surface area (Å²) in [6.45, 7) is 10.4. The molecule has 0 aromatic heterocycles. The van der Waals surface area contributed by atoms with Crippen LogP contribution in [-0.4, -0.2) is 43.8 Å². The summed E-state index contributed by atoms with van der Waals surface area (Å²) >= 11 is 0. The maximum absolute atomic E-state index is 12.1. The van der Waals surface area contributed by atoms with Crippen LogP contribution >= 0.6 is 0 Å². The highest BCUT2D eigenvalue weighted by Gasteiger charge is 2.27. The first-order chi connectivity index (χ1) is 14.7. The van der Waals surface area contributed by atoms with Gasteiger partial charge in [-0.2, -0.15) is 8.42 Å². The lowest BCUT2D eigenvalue weighted by molar-refractivity contribution is -0.143. The molecule has 0 spiro atoms. The molecule has 0 unspecified atom stereocenters. The SMILES string of the molecule is COC(=O)[C@H](CS(=O)(=O)O)NC(=O)C=C(C)C=CC=C(C)C=CC1=C(C)CCCC1(C)C. The van der Waals surface area contributed by atoms with Gasteiger partial charge in [0.1, 0.15) is 11.8 Å². The Kier molecular flexibility index (Phi) is 10.3. The average molecular weight is 466 g/mol. The number of nitrogens with one attached hydrogen (secondary N) is 1. The first-order valence-corrected chi connectivity index (χ1v) is 12.1. The van der Waals surface area contributed by atoms with E-state index in [1.54, 1.807) is 13.0 Å². The van der Waals surface area contributed by atoms with Gasteiger partial charge in [-0.05, 0) is 56.6 Å². The maximum Gasteiger partial charge on any atom is 0.329 e. The lowest BCUT2D eigenvalue weighted by Gasteiger charge is -2.32. The summed E-state index contributed by atoms with van der Waals surface area (Å²) in [5, 5.41) is 2.23. The molecule has 1 atom stereocenters. The van der Waals surface area contributed by atoms with Crippen LogP contribution in [-0.2, 0) is 24.4 Å². The lowest BCUT2D eigenvalue weighted by Crippen LogP contribution is -2.45. The van der Waals surface area contributed by atoms with Gasteiger partial charge >= 0.3 is 5.97 Å². The Labute approximate surface area is 191 Å². The molecule has 1 rings (SSSR count). The molecule has 32 heavy (non-hydrogen) atoms. The molecule has 0 heterocycles. The largest absolute Gasteiger partial charge is 0.467 e. The molecule has 1 amide bonds. The Morgan fingerprint density at radius 2 is 1.88 bits per heavy atom. The quantitative estimate of drug-likeness (QED) is 0.230. The van der Waals surface area contributed by atoms with Crippen molar-refractivity contribution in [3.05, 3.63) is 58.7 Å². The highest BCUT2D eigenvalue weighted by Crippen LogP contribution is 2.40. The Balaban J connectivity index is 2.80. The van der Waals surface area contributed by atoms with Crippen molar-refractivity contribution in [1.29, 1.82) is 0 Å². The van der Waals surface area contributed by atoms with Crippen molar-refractivity contribution in [3.63, 3.8) is 0 Å². The van der Waals surface area contributed by atoms with E-state index >= 15 is 0 Å². The molecule has 0 saturated carbocycles. The van der Waals surface area contributed by atoms with Gasteiger partial charge in [-0.3, -0.25) is 9.35 Å². The van der Waals surface area contributed by atoms with Crippen LogP contribution in [0.5, 0.6) is 0 Å². The van der Waals surface area contributed by atoms with Crippen LogP contribution in [0.15, 0.2) is 58.7 Å². The molecule has 0 fully saturated rings. The summed E-state index contributed by atoms with van der Waals surface area (Å²) in [6, 6.07) is -1.50. The Bertz CT molecular complexity index is 964. The number of hydrogen-bond acceptors (Lipinski definition) is 5. The zero-order valence-corrected chi connectivity index (χ0v) is 20.6. The third kappa shape index (κ3) is 9.78. The van der Waals surface area contributed by atoms with Crippen LogP contribution in [0.1, 0.15) is 53.9 Å². The van der Waals surface area contributed by atoms with Gasteiger partial charge in [0.2, 0.25) is 5.91 Å². The molecule has 0 radical (unpaired) electrons. The second kappa shape index (κ2) is 12.0. The standard InChI is InChI=1S/C24H35NO6S/c1-17(12-13-20-19(3)11-8-14-24(20,4)5)9-7-10-18(2)15-22(26)25-21(23(27)31-6)16-32(28,29)30/h7,9-10,12-13,15,21H,8,11,14,16H2,1-6H3,(H,25,26)(H,28,29,30)/t21-/m0/s1. The number of carbonyl (C=O) groups is 2. The molecule has 1 aliphatic rings. The summed E-state index contributed by atoms with van der Waals surface area (Å²) < 4.78 is 35.5. The first kappa shape index (κ1) is 27.6. The van der Waals surface area contributed by atoms with E-state index in [9.17, 15) is 18.0 Å². The van der Waals surface area contributed by atoms with Gasteiger partial charge in [0, 0.05) is 6.08 Å². The van der Waals surface area contributed by atoms with E-state index in [4.69, 9.17) is 4.55 Å². The van der Waals surface area contributed by atoms with E-state index in [1.165, 1.54) is 30.1 Å². The van der Waals surface area contributed by atoms with Gasteiger partial charge in [-0.25, -0.2) is 4.79 Å². The molecule has 0 aromatic rings. The van der Waals surface area contributed by atoms with Gasteiger partial charge in [-0.15, -0.1) is 0 Å². The minimum atomic E-state index is -4.47. The van der Waals surface area contributed by atoms with Crippen molar-refractivity contribution in [2.75, 3.05) is 12.9 Å². The second-order valence-corrected chi connectivity index (χ2v) is 10.3. The van der Waals surface area contributed by atoms with Crippen molar-refractivity contribution in [2.45, 2.75) is 59.9 Å². The van der Waals surface area contributed by atoms with Gasteiger partial charge in [0.05, 0.1) is 7.11 Å². The predicted octanol–water partition coefficient (Wildman–Crippen LogP) is 4.06. The van der Waals surface area contributed by atoms with Crippen LogP contribution in [0.25, 0.3) is 0 Å². The summed E-state index contributed by atoms with van der Waals surface area (Å²) in [5.41, 5.74) is 4.65. The molecule has 178 valence electrons. The van der Waals surface area contributed by atoms with Crippen molar-refractivity contribution < 1.29 is 27.3 Å². The molecule has 2 N–H and O–H groups in total. The summed E-state index contributed by atoms with van der Waals surface area (Å²) in [6.07, 6.45) is 14.5. The number of esters is 1. The van der Waals surface area contributed by atoms with E-state index < -0.39 is 33.8 Å². The second-order valence-electron chi connectivity index (χ2n) is 8.76. The van der Waals surface area contributed by atoms with Crippen molar-refractivity contribution in [3.8, 4) is 0 Å². The summed E-state index contributed by atoms with van der Waals surface area (Å²) in [5.74, 6) is -2.60. The molecule has 0 bridgehead atoms. The number of allylic oxidation sites excluding steroid dienone is 9. The third-order valence-corrected chi connectivity index (χ3v) is 6.07. The van der Waals surface area contributed by atoms with Crippen LogP contribution in [0.3, 0.4) is 0 Å². The number of methoxy groups -OCH3 is 1. The van der Waals surface area contributed by atoms with Crippen molar-refractivity contribution in [1.82, 2.24) is 5.32 Å². The molecular formula is C24H35NO6S. The molecule has 8 heteroatoms. The fraction of sp³-hybridized carbons (Fsp3) is 0.500. The number of carbonyl (C=O) groups excluding carboxylic acids is 2. The number of ether oxygens (including phenoxy) is 1. The molecular weight excluding hydrogens is 430 g/mol. The van der Waals surface area contributed by atoms with Crippen LogP contribution in [0, 0.1) is 5.41 Å². The predicted molar refractivity (Wildman–Crippen MR) is 126 cm³/mol. The molecule has 0 saturated heterocycles. The van der Waals surface area contributed by atoms with E-state index in [-0.39, 0.29) is 5.41 Å². The zero-order chi connectivity index (χ0) is 24.5. The number of hydrogen-bond donors (Lipinski definition) is 2. The van der Waals surface area contributed by atoms with Gasteiger partial charge < -0.3 is 10.1 Å². The monoisotopic (exact) mass is 465 g/mol. The maximum atomic E-state index is 12.1. The van der Waals surface area contributed by atoms with Gasteiger partial charge in [0.15, 0.2) is 0 Å². The zero-order valence-electron chi connectivity index (χ0n) is 19.8. The minimum Gasteiger partial charge on any atom is -0.467 e. The van der Waals surface area contributed by atoms with Gasteiger partial charge in [0.25, 0.3) is 10.1 Å². The molecule has 0 aromatic carbocycles. The highest BCUT2D eigenvalue weighted by atomic mass is 32.2. The van der Waals surface area contributed by atoms with Crippen molar-refractivity contribution >= 4 is 22.0 Å². The van der Waals surface area contributed by atoms with E-state index in [0.29, 0.717) is 5.57 Å². The number of rotatable bonds is 9. The molecule has 1 aliphatic carbocycles.